The lowest BCUT2D eigenvalue weighted by molar-refractivity contribution is -0.135. The Bertz CT molecular complexity index is 734. The molecule has 9 heteroatoms. The normalized spacial score (nSPS) is 15.0. The van der Waals surface area contributed by atoms with Gasteiger partial charge in [-0.2, -0.15) is 5.10 Å². The van der Waals surface area contributed by atoms with Crippen molar-refractivity contribution >= 4 is 47.4 Å². The molecule has 1 aromatic carbocycles. The number of benzene rings is 1. The number of amides is 1. The van der Waals surface area contributed by atoms with Gasteiger partial charge in [-0.15, -0.1) is 24.0 Å². The predicted octanol–water partition coefficient (Wildman–Crippen LogP) is 2.10. The van der Waals surface area contributed by atoms with E-state index in [2.05, 4.69) is 20.5 Å². The molecule has 7 nitrogen and oxygen atoms in total. The zero-order valence-corrected chi connectivity index (χ0v) is 17.6. The molecule has 1 aromatic heterocycles. The summed E-state index contributed by atoms with van der Waals surface area (Å²) in [6, 6.07) is 9.49. The van der Waals surface area contributed by atoms with Crippen LogP contribution in [0.3, 0.4) is 0 Å². The molecule has 2 heterocycles. The third kappa shape index (κ3) is 5.34. The van der Waals surface area contributed by atoms with Crippen LogP contribution < -0.4 is 5.32 Å². The molecule has 0 saturated carbocycles. The molecule has 140 valence electrons. The van der Waals surface area contributed by atoms with Crippen LogP contribution in [0, 0.1) is 0 Å². The number of guanidine groups is 1. The zero-order valence-electron chi connectivity index (χ0n) is 14.5. The van der Waals surface area contributed by atoms with E-state index < -0.39 is 0 Å². The highest BCUT2D eigenvalue weighted by atomic mass is 127. The van der Waals surface area contributed by atoms with Crippen LogP contribution in [0.2, 0.25) is 5.02 Å². The van der Waals surface area contributed by atoms with Gasteiger partial charge in [0, 0.05) is 37.9 Å². The molecule has 3 rings (SSSR count). The Balaban J connectivity index is 0.00000243. The second-order valence-corrected chi connectivity index (χ2v) is 6.28. The highest BCUT2D eigenvalue weighted by molar-refractivity contribution is 14.0. The molecule has 2 N–H and O–H groups in total. The van der Waals surface area contributed by atoms with Gasteiger partial charge in [0.1, 0.15) is 0 Å². The van der Waals surface area contributed by atoms with E-state index in [9.17, 15) is 4.79 Å². The summed E-state index contributed by atoms with van der Waals surface area (Å²) in [6.07, 6.45) is 1.71. The van der Waals surface area contributed by atoms with E-state index >= 15 is 0 Å². The van der Waals surface area contributed by atoms with Gasteiger partial charge in [0.15, 0.2) is 5.96 Å². The van der Waals surface area contributed by atoms with Crippen LogP contribution in [0.4, 0.5) is 0 Å². The number of aromatic amines is 1. The maximum Gasteiger partial charge on any atom is 0.242 e. The van der Waals surface area contributed by atoms with Crippen LogP contribution in [0.5, 0.6) is 0 Å². The Labute approximate surface area is 174 Å². The second kappa shape index (κ2) is 9.77. The maximum atomic E-state index is 12.5. The van der Waals surface area contributed by atoms with Gasteiger partial charge in [-0.1, -0.05) is 23.7 Å². The third-order valence-corrected chi connectivity index (χ3v) is 4.36. The van der Waals surface area contributed by atoms with Crippen molar-refractivity contribution in [1.82, 2.24) is 25.3 Å². The summed E-state index contributed by atoms with van der Waals surface area (Å²) in [5.74, 6) is 0.805. The lowest BCUT2D eigenvalue weighted by Crippen LogP contribution is -2.54. The van der Waals surface area contributed by atoms with Gasteiger partial charge in [-0.3, -0.25) is 14.9 Å². The molecule has 0 unspecified atom stereocenters. The molecule has 0 spiro atoms. The standard InChI is InChI=1S/C17H21ClN6O.HI/c1-19-17(20-10-15-6-7-21-22-15)24-9-8-23(16(25)12-24)11-13-2-4-14(18)5-3-13;/h2-7H,8-12H2,1H3,(H,19,20)(H,21,22);1H. The number of nitrogens with one attached hydrogen (secondary N) is 2. The van der Waals surface area contributed by atoms with Gasteiger partial charge in [0.05, 0.1) is 18.8 Å². The topological polar surface area (TPSA) is 76.6 Å². The first-order valence-electron chi connectivity index (χ1n) is 8.12. The van der Waals surface area contributed by atoms with Crippen LogP contribution in [0.15, 0.2) is 41.5 Å². The van der Waals surface area contributed by atoms with E-state index in [1.807, 2.05) is 40.1 Å². The molecule has 0 radical (unpaired) electrons. The molecule has 0 atom stereocenters. The first kappa shape index (κ1) is 20.5. The number of hydrogen-bond acceptors (Lipinski definition) is 3. The van der Waals surface area contributed by atoms with Crippen molar-refractivity contribution in [3.8, 4) is 0 Å². The van der Waals surface area contributed by atoms with E-state index in [0.717, 1.165) is 17.8 Å². The van der Waals surface area contributed by atoms with E-state index in [1.54, 1.807) is 13.2 Å². The molecule has 26 heavy (non-hydrogen) atoms. The molecule has 1 aliphatic rings. The van der Waals surface area contributed by atoms with Crippen LogP contribution in [0.1, 0.15) is 11.3 Å². The van der Waals surface area contributed by atoms with Crippen LogP contribution in [-0.4, -0.2) is 58.5 Å². The zero-order chi connectivity index (χ0) is 17.6. The average molecular weight is 489 g/mol. The minimum absolute atomic E-state index is 0. The number of rotatable bonds is 4. The fourth-order valence-electron chi connectivity index (χ4n) is 2.76. The maximum absolute atomic E-state index is 12.5. The second-order valence-electron chi connectivity index (χ2n) is 5.85. The van der Waals surface area contributed by atoms with Crippen molar-refractivity contribution in [3.05, 3.63) is 52.8 Å². The smallest absolute Gasteiger partial charge is 0.242 e. The van der Waals surface area contributed by atoms with Crippen molar-refractivity contribution in [1.29, 1.82) is 0 Å². The predicted molar refractivity (Wildman–Crippen MR) is 113 cm³/mol. The SMILES string of the molecule is CN=C(NCc1ccn[nH]1)N1CCN(Cc2ccc(Cl)cc2)C(=O)C1.I. The molecule has 2 aromatic rings. The van der Waals surface area contributed by atoms with Gasteiger partial charge in [-0.05, 0) is 23.8 Å². The number of carbonyl (C=O) groups is 1. The van der Waals surface area contributed by atoms with Crippen LogP contribution in [-0.2, 0) is 17.9 Å². The summed E-state index contributed by atoms with van der Waals surface area (Å²) >= 11 is 5.91. The number of carbonyl (C=O) groups excluding carboxylic acids is 1. The van der Waals surface area contributed by atoms with Gasteiger partial charge in [0.2, 0.25) is 5.91 Å². The molecule has 1 saturated heterocycles. The fourth-order valence-corrected chi connectivity index (χ4v) is 2.88. The highest BCUT2D eigenvalue weighted by Gasteiger charge is 2.25. The quantitative estimate of drug-likeness (QED) is 0.393. The molecule has 1 aliphatic heterocycles. The lowest BCUT2D eigenvalue weighted by Gasteiger charge is -2.36. The monoisotopic (exact) mass is 488 g/mol. The molecule has 1 fully saturated rings. The van der Waals surface area contributed by atoms with Gasteiger partial charge >= 0.3 is 0 Å². The lowest BCUT2D eigenvalue weighted by atomic mass is 10.2. The van der Waals surface area contributed by atoms with E-state index in [4.69, 9.17) is 11.6 Å². The molecule has 1 amide bonds. The number of halogens is 2. The minimum atomic E-state index is 0. The van der Waals surface area contributed by atoms with E-state index in [-0.39, 0.29) is 29.9 Å². The van der Waals surface area contributed by atoms with Crippen molar-refractivity contribution in [3.63, 3.8) is 0 Å². The third-order valence-electron chi connectivity index (χ3n) is 4.11. The number of nitrogens with zero attached hydrogens (tertiary/aromatic N) is 4. The number of piperazine rings is 1. The number of hydrogen-bond donors (Lipinski definition) is 2. The van der Waals surface area contributed by atoms with Crippen molar-refractivity contribution in [2.75, 3.05) is 26.7 Å². The van der Waals surface area contributed by atoms with Gasteiger partial charge in [0.25, 0.3) is 0 Å². The summed E-state index contributed by atoms with van der Waals surface area (Å²) in [5, 5.41) is 10.8. The molecular weight excluding hydrogens is 467 g/mol. The van der Waals surface area contributed by atoms with Crippen LogP contribution in [0.25, 0.3) is 0 Å². The Hall–Kier alpha value is -1.81. The number of aliphatic imine (C=N–C) groups is 1. The average Bonchev–Trinajstić information content (AvgIpc) is 3.13. The largest absolute Gasteiger partial charge is 0.351 e. The molecular formula is C17H22ClIN6O. The Morgan fingerprint density at radius 3 is 2.69 bits per heavy atom. The van der Waals surface area contributed by atoms with Crippen molar-refractivity contribution in [2.45, 2.75) is 13.1 Å². The Morgan fingerprint density at radius 1 is 1.31 bits per heavy atom. The number of H-pyrrole nitrogens is 1. The molecule has 0 bridgehead atoms. The summed E-state index contributed by atoms with van der Waals surface area (Å²) in [7, 11) is 1.72. The van der Waals surface area contributed by atoms with Crippen molar-refractivity contribution in [2.24, 2.45) is 4.99 Å². The highest BCUT2D eigenvalue weighted by Crippen LogP contribution is 2.13. The first-order valence-corrected chi connectivity index (χ1v) is 8.49. The van der Waals surface area contributed by atoms with Crippen molar-refractivity contribution < 1.29 is 4.79 Å². The fraction of sp³-hybridized carbons (Fsp3) is 0.353. The summed E-state index contributed by atoms with van der Waals surface area (Å²) in [5.41, 5.74) is 2.04. The Kier molecular flexibility index (Phi) is 7.70. The van der Waals surface area contributed by atoms with Gasteiger partial charge in [-0.25, -0.2) is 0 Å². The van der Waals surface area contributed by atoms with E-state index in [0.29, 0.717) is 37.2 Å². The summed E-state index contributed by atoms with van der Waals surface area (Å²) in [4.78, 5) is 20.6. The van der Waals surface area contributed by atoms with Gasteiger partial charge < -0.3 is 15.1 Å². The van der Waals surface area contributed by atoms with Crippen LogP contribution >= 0.6 is 35.6 Å². The summed E-state index contributed by atoms with van der Waals surface area (Å²) < 4.78 is 0. The first-order chi connectivity index (χ1) is 12.2. The molecule has 0 aliphatic carbocycles. The number of aromatic nitrogens is 2. The minimum Gasteiger partial charge on any atom is -0.351 e. The summed E-state index contributed by atoms with van der Waals surface area (Å²) in [6.45, 7) is 2.90. The Morgan fingerprint density at radius 2 is 2.08 bits per heavy atom. The van der Waals surface area contributed by atoms with E-state index in [1.165, 1.54) is 0 Å².